The Balaban J connectivity index is 1.72. The lowest BCUT2D eigenvalue weighted by Gasteiger charge is -2.11. The normalized spacial score (nSPS) is 10.8. The second kappa shape index (κ2) is 8.86. The monoisotopic (exact) mass is 383 g/mol. The lowest BCUT2D eigenvalue weighted by atomic mass is 10.1. The molecule has 0 saturated heterocycles. The van der Waals surface area contributed by atoms with E-state index < -0.39 is 0 Å². The predicted octanol–water partition coefficient (Wildman–Crippen LogP) is 5.09. The number of ether oxygens (including phenoxy) is 1. The summed E-state index contributed by atoms with van der Waals surface area (Å²) in [4.78, 5) is 0. The molecule has 0 aliphatic heterocycles. The summed E-state index contributed by atoms with van der Waals surface area (Å²) in [7, 11) is 0. The third-order valence-electron chi connectivity index (χ3n) is 4.11. The zero-order valence-corrected chi connectivity index (χ0v) is 16.3. The second-order valence-electron chi connectivity index (χ2n) is 6.24. The molecule has 0 saturated carbocycles. The Morgan fingerprint density at radius 2 is 2.00 bits per heavy atom. The first-order valence-electron chi connectivity index (χ1n) is 8.67. The zero-order valence-electron chi connectivity index (χ0n) is 15.5. The molecule has 27 heavy (non-hydrogen) atoms. The molecule has 0 N–H and O–H groups in total. The van der Waals surface area contributed by atoms with Gasteiger partial charge in [-0.05, 0) is 37.1 Å². The maximum Gasteiger partial charge on any atom is 0.191 e. The SMILES string of the molecule is C=CCn1c(COc2ccc(C)cc2C)nnc1SCc1ccccc1F. The summed E-state index contributed by atoms with van der Waals surface area (Å²) >= 11 is 1.45. The number of hydrogen-bond acceptors (Lipinski definition) is 4. The van der Waals surface area contributed by atoms with Gasteiger partial charge >= 0.3 is 0 Å². The quantitative estimate of drug-likeness (QED) is 0.401. The maximum atomic E-state index is 13.8. The van der Waals surface area contributed by atoms with E-state index in [-0.39, 0.29) is 5.82 Å². The van der Waals surface area contributed by atoms with Gasteiger partial charge in [-0.25, -0.2) is 4.39 Å². The van der Waals surface area contributed by atoms with Gasteiger partial charge in [-0.1, -0.05) is 53.7 Å². The first-order valence-corrected chi connectivity index (χ1v) is 9.66. The van der Waals surface area contributed by atoms with Crippen molar-refractivity contribution in [2.75, 3.05) is 0 Å². The van der Waals surface area contributed by atoms with Gasteiger partial charge < -0.3 is 4.74 Å². The Morgan fingerprint density at radius 3 is 2.74 bits per heavy atom. The lowest BCUT2D eigenvalue weighted by molar-refractivity contribution is 0.287. The average molecular weight is 383 g/mol. The van der Waals surface area contributed by atoms with Crippen molar-refractivity contribution in [1.82, 2.24) is 14.8 Å². The van der Waals surface area contributed by atoms with E-state index in [4.69, 9.17) is 4.74 Å². The van der Waals surface area contributed by atoms with Crippen LogP contribution in [0.5, 0.6) is 5.75 Å². The molecule has 0 bridgehead atoms. The standard InChI is InChI=1S/C21H22FN3OS/c1-4-11-25-20(13-26-19-10-9-15(2)12-16(19)3)23-24-21(25)27-14-17-7-5-6-8-18(17)22/h4-10,12H,1,11,13-14H2,2-3H3. The van der Waals surface area contributed by atoms with Crippen molar-refractivity contribution >= 4 is 11.8 Å². The number of halogens is 1. The molecule has 0 aliphatic carbocycles. The Hall–Kier alpha value is -2.60. The molecule has 0 spiro atoms. The fourth-order valence-corrected chi connectivity index (χ4v) is 3.66. The molecule has 0 fully saturated rings. The number of benzene rings is 2. The summed E-state index contributed by atoms with van der Waals surface area (Å²) in [6.07, 6.45) is 1.79. The van der Waals surface area contributed by atoms with Crippen molar-refractivity contribution < 1.29 is 9.13 Å². The van der Waals surface area contributed by atoms with Gasteiger partial charge in [0.15, 0.2) is 11.0 Å². The van der Waals surface area contributed by atoms with E-state index in [0.29, 0.717) is 30.3 Å². The van der Waals surface area contributed by atoms with E-state index in [9.17, 15) is 4.39 Å². The van der Waals surface area contributed by atoms with Crippen molar-refractivity contribution in [3.63, 3.8) is 0 Å². The van der Waals surface area contributed by atoms with Crippen LogP contribution in [-0.4, -0.2) is 14.8 Å². The van der Waals surface area contributed by atoms with Crippen molar-refractivity contribution in [3.05, 3.63) is 83.5 Å². The van der Waals surface area contributed by atoms with Crippen LogP contribution in [0.3, 0.4) is 0 Å². The van der Waals surface area contributed by atoms with Crippen LogP contribution in [0.1, 0.15) is 22.5 Å². The van der Waals surface area contributed by atoms with Crippen LogP contribution in [0.25, 0.3) is 0 Å². The minimum atomic E-state index is -0.210. The Morgan fingerprint density at radius 1 is 1.19 bits per heavy atom. The molecular weight excluding hydrogens is 361 g/mol. The summed E-state index contributed by atoms with van der Waals surface area (Å²) in [5.41, 5.74) is 2.92. The molecule has 0 radical (unpaired) electrons. The van der Waals surface area contributed by atoms with Crippen molar-refractivity contribution in [1.29, 1.82) is 0 Å². The number of aryl methyl sites for hydroxylation is 2. The van der Waals surface area contributed by atoms with Crippen molar-refractivity contribution in [2.45, 2.75) is 37.9 Å². The average Bonchev–Trinajstić information content (AvgIpc) is 3.02. The number of allylic oxidation sites excluding steroid dienone is 1. The molecule has 2 aromatic carbocycles. The topological polar surface area (TPSA) is 39.9 Å². The van der Waals surface area contributed by atoms with Crippen LogP contribution in [-0.2, 0) is 18.9 Å². The Bertz CT molecular complexity index is 939. The highest BCUT2D eigenvalue weighted by Gasteiger charge is 2.14. The predicted molar refractivity (Wildman–Crippen MR) is 106 cm³/mol. The van der Waals surface area contributed by atoms with E-state index in [1.165, 1.54) is 23.4 Å². The fraction of sp³-hybridized carbons (Fsp3) is 0.238. The van der Waals surface area contributed by atoms with Crippen LogP contribution < -0.4 is 4.74 Å². The van der Waals surface area contributed by atoms with Gasteiger partial charge in [0.1, 0.15) is 18.2 Å². The van der Waals surface area contributed by atoms with E-state index in [1.54, 1.807) is 18.2 Å². The van der Waals surface area contributed by atoms with E-state index >= 15 is 0 Å². The molecule has 4 nitrogen and oxygen atoms in total. The molecule has 0 unspecified atom stereocenters. The summed E-state index contributed by atoms with van der Waals surface area (Å²) in [5, 5.41) is 9.23. The van der Waals surface area contributed by atoms with Gasteiger partial charge in [-0.15, -0.1) is 16.8 Å². The molecule has 140 valence electrons. The number of nitrogens with zero attached hydrogens (tertiary/aromatic N) is 3. The van der Waals surface area contributed by atoms with Gasteiger partial charge in [0, 0.05) is 12.3 Å². The maximum absolute atomic E-state index is 13.8. The van der Waals surface area contributed by atoms with Crippen LogP contribution in [0.4, 0.5) is 4.39 Å². The minimum Gasteiger partial charge on any atom is -0.485 e. The number of rotatable bonds is 8. The number of aromatic nitrogens is 3. The van der Waals surface area contributed by atoms with E-state index in [0.717, 1.165) is 16.5 Å². The molecule has 0 aliphatic rings. The van der Waals surface area contributed by atoms with E-state index in [1.807, 2.05) is 29.7 Å². The zero-order chi connectivity index (χ0) is 19.2. The smallest absolute Gasteiger partial charge is 0.191 e. The molecule has 3 aromatic rings. The minimum absolute atomic E-state index is 0.210. The van der Waals surface area contributed by atoms with Crippen molar-refractivity contribution in [3.8, 4) is 5.75 Å². The molecule has 3 rings (SSSR count). The molecule has 6 heteroatoms. The highest BCUT2D eigenvalue weighted by molar-refractivity contribution is 7.98. The fourth-order valence-electron chi connectivity index (χ4n) is 2.71. The lowest BCUT2D eigenvalue weighted by Crippen LogP contribution is -2.08. The molecular formula is C21H22FN3OS. The van der Waals surface area contributed by atoms with Crippen molar-refractivity contribution in [2.24, 2.45) is 0 Å². The molecule has 1 aromatic heterocycles. The van der Waals surface area contributed by atoms with Gasteiger partial charge in [-0.2, -0.15) is 0 Å². The third-order valence-corrected chi connectivity index (χ3v) is 5.12. The summed E-state index contributed by atoms with van der Waals surface area (Å²) in [6.45, 7) is 8.76. The van der Waals surface area contributed by atoms with Crippen LogP contribution in [0.15, 0.2) is 60.3 Å². The van der Waals surface area contributed by atoms with Crippen LogP contribution in [0.2, 0.25) is 0 Å². The summed E-state index contributed by atoms with van der Waals surface area (Å²) in [5.74, 6) is 1.82. The summed E-state index contributed by atoms with van der Waals surface area (Å²) in [6, 6.07) is 12.8. The largest absolute Gasteiger partial charge is 0.485 e. The second-order valence-corrected chi connectivity index (χ2v) is 7.18. The van der Waals surface area contributed by atoms with Crippen LogP contribution >= 0.6 is 11.8 Å². The summed E-state index contributed by atoms with van der Waals surface area (Å²) < 4.78 is 21.7. The Kier molecular flexibility index (Phi) is 6.29. The Labute approximate surface area is 163 Å². The van der Waals surface area contributed by atoms with Gasteiger partial charge in [0.2, 0.25) is 0 Å². The molecule has 1 heterocycles. The van der Waals surface area contributed by atoms with E-state index in [2.05, 4.69) is 29.8 Å². The first-order chi connectivity index (χ1) is 13.1. The molecule has 0 amide bonds. The van der Waals surface area contributed by atoms with Crippen LogP contribution in [0, 0.1) is 19.7 Å². The molecule has 0 atom stereocenters. The third kappa shape index (κ3) is 4.77. The van der Waals surface area contributed by atoms with Gasteiger partial charge in [-0.3, -0.25) is 4.57 Å². The number of thioether (sulfide) groups is 1. The number of hydrogen-bond donors (Lipinski definition) is 0. The highest BCUT2D eigenvalue weighted by Crippen LogP contribution is 2.25. The van der Waals surface area contributed by atoms with Gasteiger partial charge in [0.25, 0.3) is 0 Å². The highest BCUT2D eigenvalue weighted by atomic mass is 32.2. The first kappa shape index (κ1) is 19.2. The van der Waals surface area contributed by atoms with Gasteiger partial charge in [0.05, 0.1) is 0 Å².